The van der Waals surface area contributed by atoms with Crippen LogP contribution in [0.5, 0.6) is 0 Å². The summed E-state index contributed by atoms with van der Waals surface area (Å²) in [4.78, 5) is 23.5. The molecule has 0 bridgehead atoms. The molecule has 1 aromatic carbocycles. The standard InChI is InChI=1S/C11H12FNO3/c1-3-13(2)10(14)8-5-4-7(11(15)16)6-9(8)12/h4-6H,3H2,1-2H3,(H,15,16). The molecule has 5 heteroatoms. The summed E-state index contributed by atoms with van der Waals surface area (Å²) in [7, 11) is 1.55. The van der Waals surface area contributed by atoms with Crippen molar-refractivity contribution >= 4 is 11.9 Å². The highest BCUT2D eigenvalue weighted by Crippen LogP contribution is 2.12. The Morgan fingerprint density at radius 1 is 1.44 bits per heavy atom. The average Bonchev–Trinajstić information content (AvgIpc) is 2.26. The minimum Gasteiger partial charge on any atom is -0.478 e. The van der Waals surface area contributed by atoms with Gasteiger partial charge in [0, 0.05) is 13.6 Å². The number of aromatic carboxylic acids is 1. The van der Waals surface area contributed by atoms with Crippen LogP contribution in [0.1, 0.15) is 27.6 Å². The van der Waals surface area contributed by atoms with Gasteiger partial charge in [-0.05, 0) is 25.1 Å². The number of carbonyl (C=O) groups is 2. The number of nitrogens with zero attached hydrogens (tertiary/aromatic N) is 1. The Morgan fingerprint density at radius 2 is 2.06 bits per heavy atom. The molecule has 1 N–H and O–H groups in total. The van der Waals surface area contributed by atoms with Crippen LogP contribution < -0.4 is 0 Å². The van der Waals surface area contributed by atoms with Crippen molar-refractivity contribution < 1.29 is 19.1 Å². The van der Waals surface area contributed by atoms with Gasteiger partial charge < -0.3 is 10.0 Å². The topological polar surface area (TPSA) is 57.6 Å². The minimum absolute atomic E-state index is 0.116. The van der Waals surface area contributed by atoms with Crippen LogP contribution >= 0.6 is 0 Å². The van der Waals surface area contributed by atoms with Gasteiger partial charge in [0.2, 0.25) is 0 Å². The highest BCUT2D eigenvalue weighted by molar-refractivity contribution is 5.96. The molecule has 86 valence electrons. The second kappa shape index (κ2) is 4.74. The number of carbonyl (C=O) groups excluding carboxylic acids is 1. The normalized spacial score (nSPS) is 9.94. The smallest absolute Gasteiger partial charge is 0.335 e. The summed E-state index contributed by atoms with van der Waals surface area (Å²) in [6.07, 6.45) is 0. The summed E-state index contributed by atoms with van der Waals surface area (Å²) >= 11 is 0. The van der Waals surface area contributed by atoms with E-state index in [1.807, 2.05) is 0 Å². The van der Waals surface area contributed by atoms with Gasteiger partial charge in [0.1, 0.15) is 5.82 Å². The average molecular weight is 225 g/mol. The van der Waals surface area contributed by atoms with E-state index in [2.05, 4.69) is 0 Å². The molecule has 0 spiro atoms. The van der Waals surface area contributed by atoms with Crippen molar-refractivity contribution in [2.45, 2.75) is 6.92 Å². The van der Waals surface area contributed by atoms with Crippen LogP contribution in [0.4, 0.5) is 4.39 Å². The number of carboxylic acid groups (broad SMARTS) is 1. The SMILES string of the molecule is CCN(C)C(=O)c1ccc(C(=O)O)cc1F. The van der Waals surface area contributed by atoms with E-state index in [9.17, 15) is 14.0 Å². The molecular weight excluding hydrogens is 213 g/mol. The van der Waals surface area contributed by atoms with Crippen LogP contribution in [0.3, 0.4) is 0 Å². The Hall–Kier alpha value is -1.91. The number of amides is 1. The van der Waals surface area contributed by atoms with Gasteiger partial charge in [-0.2, -0.15) is 0 Å². The van der Waals surface area contributed by atoms with Crippen LogP contribution in [0.25, 0.3) is 0 Å². The summed E-state index contributed by atoms with van der Waals surface area (Å²) in [6, 6.07) is 3.24. The van der Waals surface area contributed by atoms with E-state index in [4.69, 9.17) is 5.11 Å². The Bertz CT molecular complexity index is 431. The molecule has 4 nitrogen and oxygen atoms in total. The van der Waals surface area contributed by atoms with Crippen LogP contribution in [-0.2, 0) is 0 Å². The number of carboxylic acids is 1. The third-order valence-electron chi connectivity index (χ3n) is 2.27. The van der Waals surface area contributed by atoms with Crippen molar-refractivity contribution in [3.63, 3.8) is 0 Å². The summed E-state index contributed by atoms with van der Waals surface area (Å²) < 4.78 is 13.4. The first-order valence-electron chi connectivity index (χ1n) is 4.75. The lowest BCUT2D eigenvalue weighted by molar-refractivity contribution is 0.0694. The van der Waals surface area contributed by atoms with Crippen molar-refractivity contribution in [2.24, 2.45) is 0 Å². The maximum Gasteiger partial charge on any atom is 0.335 e. The Kier molecular flexibility index (Phi) is 3.60. The second-order valence-corrected chi connectivity index (χ2v) is 3.32. The molecule has 0 radical (unpaired) electrons. The zero-order chi connectivity index (χ0) is 12.3. The molecule has 0 saturated heterocycles. The first kappa shape index (κ1) is 12.2. The van der Waals surface area contributed by atoms with Gasteiger partial charge in [0.25, 0.3) is 5.91 Å². The Balaban J connectivity index is 3.08. The fourth-order valence-corrected chi connectivity index (χ4v) is 1.17. The zero-order valence-electron chi connectivity index (χ0n) is 9.03. The highest BCUT2D eigenvalue weighted by Gasteiger charge is 2.16. The van der Waals surface area contributed by atoms with E-state index < -0.39 is 17.7 Å². The minimum atomic E-state index is -1.22. The Morgan fingerprint density at radius 3 is 2.50 bits per heavy atom. The first-order chi connectivity index (χ1) is 7.47. The number of halogens is 1. The molecule has 0 atom stereocenters. The third kappa shape index (κ3) is 2.36. The van der Waals surface area contributed by atoms with Crippen molar-refractivity contribution in [1.29, 1.82) is 0 Å². The monoisotopic (exact) mass is 225 g/mol. The largest absolute Gasteiger partial charge is 0.478 e. The molecule has 0 aliphatic rings. The molecule has 1 amide bonds. The van der Waals surface area contributed by atoms with Gasteiger partial charge in [-0.25, -0.2) is 9.18 Å². The quantitative estimate of drug-likeness (QED) is 0.850. The third-order valence-corrected chi connectivity index (χ3v) is 2.27. The summed E-state index contributed by atoms with van der Waals surface area (Å²) in [5.41, 5.74) is -0.289. The van der Waals surface area contributed by atoms with Gasteiger partial charge in [0.15, 0.2) is 0 Å². The zero-order valence-corrected chi connectivity index (χ0v) is 9.03. The molecule has 1 aromatic rings. The van der Waals surface area contributed by atoms with Gasteiger partial charge in [0.05, 0.1) is 11.1 Å². The summed E-state index contributed by atoms with van der Waals surface area (Å²) in [6.45, 7) is 2.22. The van der Waals surface area contributed by atoms with Crippen molar-refractivity contribution in [2.75, 3.05) is 13.6 Å². The van der Waals surface area contributed by atoms with Crippen molar-refractivity contribution in [3.8, 4) is 0 Å². The van der Waals surface area contributed by atoms with Crippen molar-refractivity contribution in [3.05, 3.63) is 35.1 Å². The molecule has 1 rings (SSSR count). The van der Waals surface area contributed by atoms with Crippen LogP contribution in [-0.4, -0.2) is 35.5 Å². The van der Waals surface area contributed by atoms with E-state index in [0.29, 0.717) is 6.54 Å². The van der Waals surface area contributed by atoms with E-state index >= 15 is 0 Å². The highest BCUT2D eigenvalue weighted by atomic mass is 19.1. The number of rotatable bonds is 3. The van der Waals surface area contributed by atoms with Gasteiger partial charge in [-0.3, -0.25) is 4.79 Å². The first-order valence-corrected chi connectivity index (χ1v) is 4.75. The molecule has 0 aromatic heterocycles. The molecule has 16 heavy (non-hydrogen) atoms. The number of benzene rings is 1. The van der Waals surface area contributed by atoms with E-state index in [1.165, 1.54) is 17.0 Å². The van der Waals surface area contributed by atoms with Gasteiger partial charge in [-0.15, -0.1) is 0 Å². The lowest BCUT2D eigenvalue weighted by Gasteiger charge is -2.14. The molecule has 0 aliphatic heterocycles. The van der Waals surface area contributed by atoms with Crippen LogP contribution in [0.15, 0.2) is 18.2 Å². The van der Waals surface area contributed by atoms with Crippen LogP contribution in [0.2, 0.25) is 0 Å². The van der Waals surface area contributed by atoms with E-state index in [0.717, 1.165) is 6.07 Å². The number of hydrogen-bond acceptors (Lipinski definition) is 2. The maximum atomic E-state index is 13.4. The maximum absolute atomic E-state index is 13.4. The molecule has 0 heterocycles. The van der Waals surface area contributed by atoms with Crippen LogP contribution in [0, 0.1) is 5.82 Å². The van der Waals surface area contributed by atoms with E-state index in [-0.39, 0.29) is 11.1 Å². The van der Waals surface area contributed by atoms with E-state index in [1.54, 1.807) is 14.0 Å². The summed E-state index contributed by atoms with van der Waals surface area (Å²) in [5.74, 6) is -2.50. The predicted molar refractivity (Wildman–Crippen MR) is 56.0 cm³/mol. The molecule has 0 aliphatic carbocycles. The fraction of sp³-hybridized carbons (Fsp3) is 0.273. The molecule has 0 fully saturated rings. The lowest BCUT2D eigenvalue weighted by Crippen LogP contribution is -2.27. The molecular formula is C11H12FNO3. The van der Waals surface area contributed by atoms with Crippen molar-refractivity contribution in [1.82, 2.24) is 4.90 Å². The molecule has 0 saturated carbocycles. The Labute approximate surface area is 92.3 Å². The second-order valence-electron chi connectivity index (χ2n) is 3.32. The lowest BCUT2D eigenvalue weighted by atomic mass is 10.1. The summed E-state index contributed by atoms with van der Waals surface area (Å²) in [5, 5.41) is 8.63. The van der Waals surface area contributed by atoms with Gasteiger partial charge >= 0.3 is 5.97 Å². The van der Waals surface area contributed by atoms with Gasteiger partial charge in [-0.1, -0.05) is 0 Å². The predicted octanol–water partition coefficient (Wildman–Crippen LogP) is 1.62. The molecule has 0 unspecified atom stereocenters. The number of hydrogen-bond donors (Lipinski definition) is 1. The fourth-order valence-electron chi connectivity index (χ4n) is 1.17.